The van der Waals surface area contributed by atoms with Crippen LogP contribution in [-0.4, -0.2) is 12.6 Å². The van der Waals surface area contributed by atoms with Crippen molar-refractivity contribution in [1.29, 1.82) is 0 Å². The standard InChI is InChI=1S/C15H33N/c1-5-9-11-14(8-4)15(12-10-6-2)16-13-7-3/h14-16H,5-13H2,1-4H3. The summed E-state index contributed by atoms with van der Waals surface area (Å²) < 4.78 is 0. The van der Waals surface area contributed by atoms with E-state index in [2.05, 4.69) is 33.0 Å². The lowest BCUT2D eigenvalue weighted by molar-refractivity contribution is 0.298. The number of unbranched alkanes of at least 4 members (excludes halogenated alkanes) is 2. The van der Waals surface area contributed by atoms with E-state index in [-0.39, 0.29) is 0 Å². The first kappa shape index (κ1) is 16.0. The van der Waals surface area contributed by atoms with E-state index >= 15 is 0 Å². The predicted molar refractivity (Wildman–Crippen MR) is 74.9 cm³/mol. The predicted octanol–water partition coefficient (Wildman–Crippen LogP) is 4.76. The van der Waals surface area contributed by atoms with Gasteiger partial charge in [0.2, 0.25) is 0 Å². The van der Waals surface area contributed by atoms with Crippen LogP contribution in [0, 0.1) is 5.92 Å². The Kier molecular flexibility index (Phi) is 11.4. The fraction of sp³-hybridized carbons (Fsp3) is 1.00. The van der Waals surface area contributed by atoms with Gasteiger partial charge in [-0.05, 0) is 31.7 Å². The van der Waals surface area contributed by atoms with Crippen molar-refractivity contribution in [3.63, 3.8) is 0 Å². The van der Waals surface area contributed by atoms with Crippen LogP contribution in [0.15, 0.2) is 0 Å². The molecule has 0 aromatic heterocycles. The third-order valence-corrected chi connectivity index (χ3v) is 3.55. The SMILES string of the molecule is CCCCC(CC)C(CCCC)NCCC. The number of hydrogen-bond donors (Lipinski definition) is 1. The third-order valence-electron chi connectivity index (χ3n) is 3.55. The van der Waals surface area contributed by atoms with Gasteiger partial charge >= 0.3 is 0 Å². The van der Waals surface area contributed by atoms with Crippen LogP contribution in [-0.2, 0) is 0 Å². The molecule has 98 valence electrons. The number of nitrogens with one attached hydrogen (secondary N) is 1. The molecular formula is C15H33N. The van der Waals surface area contributed by atoms with Crippen LogP contribution in [0.4, 0.5) is 0 Å². The van der Waals surface area contributed by atoms with E-state index in [1.165, 1.54) is 57.9 Å². The lowest BCUT2D eigenvalue weighted by Gasteiger charge is -2.27. The molecule has 0 aliphatic heterocycles. The van der Waals surface area contributed by atoms with E-state index in [4.69, 9.17) is 0 Å². The molecule has 0 aromatic carbocycles. The Labute approximate surface area is 103 Å². The van der Waals surface area contributed by atoms with Gasteiger partial charge in [-0.3, -0.25) is 0 Å². The van der Waals surface area contributed by atoms with Gasteiger partial charge in [-0.15, -0.1) is 0 Å². The maximum Gasteiger partial charge on any atom is 0.00952 e. The van der Waals surface area contributed by atoms with E-state index < -0.39 is 0 Å². The highest BCUT2D eigenvalue weighted by molar-refractivity contribution is 4.75. The van der Waals surface area contributed by atoms with E-state index in [1.54, 1.807) is 0 Å². The fourth-order valence-electron chi connectivity index (χ4n) is 2.41. The molecule has 2 atom stereocenters. The minimum atomic E-state index is 0.774. The zero-order chi connectivity index (χ0) is 12.2. The first-order valence-electron chi connectivity index (χ1n) is 7.53. The first-order valence-corrected chi connectivity index (χ1v) is 7.53. The Morgan fingerprint density at radius 1 is 0.812 bits per heavy atom. The van der Waals surface area contributed by atoms with Gasteiger partial charge in [0.15, 0.2) is 0 Å². The Morgan fingerprint density at radius 2 is 1.44 bits per heavy atom. The largest absolute Gasteiger partial charge is 0.314 e. The quantitative estimate of drug-likeness (QED) is 0.536. The van der Waals surface area contributed by atoms with Crippen LogP contribution in [0.5, 0.6) is 0 Å². The second-order valence-corrected chi connectivity index (χ2v) is 5.01. The van der Waals surface area contributed by atoms with E-state index in [0.29, 0.717) is 0 Å². The van der Waals surface area contributed by atoms with Crippen molar-refractivity contribution < 1.29 is 0 Å². The summed E-state index contributed by atoms with van der Waals surface area (Å²) in [7, 11) is 0. The monoisotopic (exact) mass is 227 g/mol. The van der Waals surface area contributed by atoms with Crippen molar-refractivity contribution in [2.75, 3.05) is 6.54 Å². The van der Waals surface area contributed by atoms with Gasteiger partial charge in [0, 0.05) is 6.04 Å². The molecule has 0 aliphatic carbocycles. The Morgan fingerprint density at radius 3 is 1.94 bits per heavy atom. The van der Waals surface area contributed by atoms with Crippen LogP contribution in [0.1, 0.15) is 79.1 Å². The minimum absolute atomic E-state index is 0.774. The van der Waals surface area contributed by atoms with Gasteiger partial charge in [-0.25, -0.2) is 0 Å². The maximum absolute atomic E-state index is 3.76. The van der Waals surface area contributed by atoms with Crippen LogP contribution in [0.3, 0.4) is 0 Å². The van der Waals surface area contributed by atoms with Crippen LogP contribution in [0.2, 0.25) is 0 Å². The lowest BCUT2D eigenvalue weighted by Crippen LogP contribution is -2.36. The van der Waals surface area contributed by atoms with Gasteiger partial charge in [0.25, 0.3) is 0 Å². The summed E-state index contributed by atoms with van der Waals surface area (Å²) in [5.41, 5.74) is 0. The fourth-order valence-corrected chi connectivity index (χ4v) is 2.41. The molecule has 2 unspecified atom stereocenters. The van der Waals surface area contributed by atoms with Crippen molar-refractivity contribution in [3.8, 4) is 0 Å². The smallest absolute Gasteiger partial charge is 0.00952 e. The summed E-state index contributed by atoms with van der Waals surface area (Å²) in [6.07, 6.45) is 10.8. The maximum atomic E-state index is 3.76. The summed E-state index contributed by atoms with van der Waals surface area (Å²) in [6, 6.07) is 0.774. The molecule has 0 radical (unpaired) electrons. The zero-order valence-corrected chi connectivity index (χ0v) is 12.0. The summed E-state index contributed by atoms with van der Waals surface area (Å²) in [6.45, 7) is 10.4. The highest BCUT2D eigenvalue weighted by Crippen LogP contribution is 2.20. The minimum Gasteiger partial charge on any atom is -0.314 e. The molecule has 0 aliphatic rings. The average molecular weight is 227 g/mol. The molecule has 0 fully saturated rings. The van der Waals surface area contributed by atoms with Crippen LogP contribution >= 0.6 is 0 Å². The molecule has 0 aromatic rings. The topological polar surface area (TPSA) is 12.0 Å². The molecule has 16 heavy (non-hydrogen) atoms. The molecule has 0 heterocycles. The molecule has 0 bridgehead atoms. The highest BCUT2D eigenvalue weighted by Gasteiger charge is 2.17. The van der Waals surface area contributed by atoms with Crippen molar-refractivity contribution >= 4 is 0 Å². The average Bonchev–Trinajstić information content (AvgIpc) is 2.32. The summed E-state index contributed by atoms with van der Waals surface area (Å²) in [5, 5.41) is 3.76. The molecule has 1 nitrogen and oxygen atoms in total. The van der Waals surface area contributed by atoms with E-state index in [1.807, 2.05) is 0 Å². The lowest BCUT2D eigenvalue weighted by atomic mass is 9.88. The molecule has 0 saturated carbocycles. The zero-order valence-electron chi connectivity index (χ0n) is 12.0. The number of hydrogen-bond acceptors (Lipinski definition) is 1. The molecule has 1 N–H and O–H groups in total. The van der Waals surface area contributed by atoms with Crippen LogP contribution < -0.4 is 5.32 Å². The Bertz CT molecular complexity index is 125. The molecule has 0 rings (SSSR count). The van der Waals surface area contributed by atoms with Crippen molar-refractivity contribution in [1.82, 2.24) is 5.32 Å². The van der Waals surface area contributed by atoms with Gasteiger partial charge in [0.05, 0.1) is 0 Å². The van der Waals surface area contributed by atoms with Gasteiger partial charge in [-0.1, -0.05) is 59.8 Å². The number of rotatable bonds is 11. The summed E-state index contributed by atoms with van der Waals surface area (Å²) >= 11 is 0. The van der Waals surface area contributed by atoms with Gasteiger partial charge in [0.1, 0.15) is 0 Å². The van der Waals surface area contributed by atoms with E-state index in [9.17, 15) is 0 Å². The van der Waals surface area contributed by atoms with Gasteiger partial charge < -0.3 is 5.32 Å². The summed E-state index contributed by atoms with van der Waals surface area (Å²) in [5.74, 6) is 0.901. The van der Waals surface area contributed by atoms with Crippen molar-refractivity contribution in [2.24, 2.45) is 5.92 Å². The molecule has 0 spiro atoms. The van der Waals surface area contributed by atoms with Crippen molar-refractivity contribution in [2.45, 2.75) is 85.1 Å². The molecular weight excluding hydrogens is 194 g/mol. The molecule has 0 amide bonds. The Hall–Kier alpha value is -0.0400. The Balaban J connectivity index is 4.06. The molecule has 0 saturated heterocycles. The van der Waals surface area contributed by atoms with Crippen molar-refractivity contribution in [3.05, 3.63) is 0 Å². The van der Waals surface area contributed by atoms with Crippen LogP contribution in [0.25, 0.3) is 0 Å². The highest BCUT2D eigenvalue weighted by atomic mass is 14.9. The summed E-state index contributed by atoms with van der Waals surface area (Å²) in [4.78, 5) is 0. The second kappa shape index (κ2) is 11.4. The second-order valence-electron chi connectivity index (χ2n) is 5.01. The normalized spacial score (nSPS) is 15.0. The molecule has 1 heteroatoms. The third kappa shape index (κ3) is 7.27. The van der Waals surface area contributed by atoms with Gasteiger partial charge in [-0.2, -0.15) is 0 Å². The van der Waals surface area contributed by atoms with E-state index in [0.717, 1.165) is 12.0 Å². The first-order chi connectivity index (χ1) is 7.79.